The van der Waals surface area contributed by atoms with Crippen LogP contribution in [0.3, 0.4) is 0 Å². The summed E-state index contributed by atoms with van der Waals surface area (Å²) in [6.45, 7) is 3.78. The fourth-order valence-corrected chi connectivity index (χ4v) is 1.52. The van der Waals surface area contributed by atoms with E-state index in [1.54, 1.807) is 19.1 Å². The molecule has 0 aromatic heterocycles. The van der Waals surface area contributed by atoms with Gasteiger partial charge in [0.25, 0.3) is 0 Å². The molecule has 16 heavy (non-hydrogen) atoms. The number of carbonyl (C=O) groups is 2. The Morgan fingerprint density at radius 3 is 2.50 bits per heavy atom. The van der Waals surface area contributed by atoms with Gasteiger partial charge in [-0.25, -0.2) is 9.59 Å². The zero-order chi connectivity index (χ0) is 12.1. The van der Waals surface area contributed by atoms with Crippen molar-refractivity contribution in [2.75, 3.05) is 6.61 Å². The van der Waals surface area contributed by atoms with E-state index in [2.05, 4.69) is 0 Å². The molecule has 1 aromatic carbocycles. The maximum atomic E-state index is 11.7. The highest BCUT2D eigenvalue weighted by molar-refractivity contribution is 6.03. The van der Waals surface area contributed by atoms with E-state index in [9.17, 15) is 9.59 Å². The Labute approximate surface area is 93.9 Å². The van der Waals surface area contributed by atoms with Gasteiger partial charge in [0.2, 0.25) is 0 Å². The fraction of sp³-hybridized carbons (Fsp3) is 0.333. The van der Waals surface area contributed by atoms with Crippen molar-refractivity contribution in [1.82, 2.24) is 0 Å². The molecule has 0 bridgehead atoms. The van der Waals surface area contributed by atoms with Crippen LogP contribution in [0.2, 0.25) is 0 Å². The van der Waals surface area contributed by atoms with E-state index in [4.69, 9.17) is 9.84 Å². The van der Waals surface area contributed by atoms with Crippen LogP contribution in [0.25, 0.3) is 0 Å². The molecule has 0 saturated carbocycles. The summed E-state index contributed by atoms with van der Waals surface area (Å²) in [6, 6.07) is 4.78. The van der Waals surface area contributed by atoms with Crippen LogP contribution in [0.15, 0.2) is 18.2 Å². The number of benzene rings is 1. The van der Waals surface area contributed by atoms with Crippen molar-refractivity contribution in [3.8, 4) is 0 Å². The minimum Gasteiger partial charge on any atom is -0.478 e. The molecule has 4 nitrogen and oxygen atoms in total. The largest absolute Gasteiger partial charge is 0.478 e. The molecule has 0 fully saturated rings. The number of hydrogen-bond acceptors (Lipinski definition) is 3. The highest BCUT2D eigenvalue weighted by Crippen LogP contribution is 2.17. The van der Waals surface area contributed by atoms with Gasteiger partial charge in [-0.15, -0.1) is 0 Å². The van der Waals surface area contributed by atoms with Gasteiger partial charge >= 0.3 is 11.9 Å². The normalized spacial score (nSPS) is 9.88. The zero-order valence-electron chi connectivity index (χ0n) is 9.32. The lowest BCUT2D eigenvalue weighted by Crippen LogP contribution is -2.14. The first-order valence-electron chi connectivity index (χ1n) is 5.14. The molecule has 1 rings (SSSR count). The lowest BCUT2D eigenvalue weighted by atomic mass is 9.99. The Balaban J connectivity index is 3.30. The summed E-state index contributed by atoms with van der Waals surface area (Å²) in [5, 5.41) is 8.99. The molecule has 0 spiro atoms. The van der Waals surface area contributed by atoms with Crippen molar-refractivity contribution < 1.29 is 19.4 Å². The first kappa shape index (κ1) is 12.2. The summed E-state index contributed by atoms with van der Waals surface area (Å²) < 4.78 is 4.86. The van der Waals surface area contributed by atoms with E-state index in [1.165, 1.54) is 6.07 Å². The molecule has 1 N–H and O–H groups in total. The lowest BCUT2D eigenvalue weighted by Gasteiger charge is -2.09. The molecule has 0 atom stereocenters. The Bertz CT molecular complexity index is 409. The Kier molecular flexibility index (Phi) is 4.05. The predicted molar refractivity (Wildman–Crippen MR) is 58.7 cm³/mol. The van der Waals surface area contributed by atoms with Gasteiger partial charge in [-0.3, -0.25) is 0 Å². The monoisotopic (exact) mass is 222 g/mol. The van der Waals surface area contributed by atoms with Gasteiger partial charge in [-0.05, 0) is 25.0 Å². The average molecular weight is 222 g/mol. The quantitative estimate of drug-likeness (QED) is 0.792. The zero-order valence-corrected chi connectivity index (χ0v) is 9.32. The number of carboxylic acids is 1. The number of aromatic carboxylic acids is 1. The van der Waals surface area contributed by atoms with Gasteiger partial charge in [-0.2, -0.15) is 0 Å². The van der Waals surface area contributed by atoms with Crippen molar-refractivity contribution in [1.29, 1.82) is 0 Å². The molecule has 0 radical (unpaired) electrons. The van der Waals surface area contributed by atoms with Crippen LogP contribution < -0.4 is 0 Å². The van der Waals surface area contributed by atoms with Crippen LogP contribution in [0, 0.1) is 0 Å². The smallest absolute Gasteiger partial charge is 0.339 e. The van der Waals surface area contributed by atoms with Crippen LogP contribution in [0.4, 0.5) is 0 Å². The number of aryl methyl sites for hydroxylation is 1. The van der Waals surface area contributed by atoms with E-state index in [0.717, 1.165) is 0 Å². The number of carboxylic acid groups (broad SMARTS) is 1. The summed E-state index contributed by atoms with van der Waals surface area (Å²) in [6.07, 6.45) is 0.593. The summed E-state index contributed by atoms with van der Waals surface area (Å²) >= 11 is 0. The molecule has 0 aliphatic heterocycles. The second-order valence-electron chi connectivity index (χ2n) is 3.22. The molecule has 0 amide bonds. The minimum absolute atomic E-state index is 0.00204. The van der Waals surface area contributed by atoms with Crippen molar-refractivity contribution >= 4 is 11.9 Å². The summed E-state index contributed by atoms with van der Waals surface area (Å²) in [5.41, 5.74) is 0.857. The summed E-state index contributed by atoms with van der Waals surface area (Å²) in [5.74, 6) is -1.68. The van der Waals surface area contributed by atoms with Crippen LogP contribution in [0.1, 0.15) is 40.1 Å². The first-order chi connectivity index (χ1) is 7.61. The third-order valence-corrected chi connectivity index (χ3v) is 2.24. The molecule has 1 aromatic rings. The highest BCUT2D eigenvalue weighted by atomic mass is 16.5. The van der Waals surface area contributed by atoms with Gasteiger partial charge in [-0.1, -0.05) is 19.1 Å². The SMILES string of the molecule is CCOC(=O)c1c(CC)cccc1C(=O)O. The van der Waals surface area contributed by atoms with Gasteiger partial charge in [0, 0.05) is 0 Å². The van der Waals surface area contributed by atoms with Crippen LogP contribution in [-0.4, -0.2) is 23.7 Å². The highest BCUT2D eigenvalue weighted by Gasteiger charge is 2.20. The van der Waals surface area contributed by atoms with E-state index in [1.807, 2.05) is 6.92 Å². The maximum Gasteiger partial charge on any atom is 0.339 e. The molecule has 0 saturated heterocycles. The van der Waals surface area contributed by atoms with Gasteiger partial charge < -0.3 is 9.84 Å². The molecule has 86 valence electrons. The molecule has 0 heterocycles. The third-order valence-electron chi connectivity index (χ3n) is 2.24. The summed E-state index contributed by atoms with van der Waals surface area (Å²) in [7, 11) is 0. The molecule has 0 aliphatic carbocycles. The van der Waals surface area contributed by atoms with Crippen molar-refractivity contribution in [3.05, 3.63) is 34.9 Å². The predicted octanol–water partition coefficient (Wildman–Crippen LogP) is 2.12. The van der Waals surface area contributed by atoms with E-state index in [-0.39, 0.29) is 17.7 Å². The number of esters is 1. The Hall–Kier alpha value is -1.84. The van der Waals surface area contributed by atoms with Crippen LogP contribution in [-0.2, 0) is 11.2 Å². The van der Waals surface area contributed by atoms with Crippen LogP contribution in [0.5, 0.6) is 0 Å². The van der Waals surface area contributed by atoms with E-state index >= 15 is 0 Å². The maximum absolute atomic E-state index is 11.7. The minimum atomic E-state index is -1.11. The molecular weight excluding hydrogens is 208 g/mol. The molecular formula is C12H14O4. The Morgan fingerprint density at radius 1 is 1.31 bits per heavy atom. The Morgan fingerprint density at radius 2 is 2.00 bits per heavy atom. The van der Waals surface area contributed by atoms with Crippen LogP contribution >= 0.6 is 0 Å². The summed E-state index contributed by atoms with van der Waals surface area (Å²) in [4.78, 5) is 22.7. The van der Waals surface area contributed by atoms with Crippen molar-refractivity contribution in [2.24, 2.45) is 0 Å². The standard InChI is InChI=1S/C12H14O4/c1-3-8-6-5-7-9(11(13)14)10(8)12(15)16-4-2/h5-7H,3-4H2,1-2H3,(H,13,14). The fourth-order valence-electron chi connectivity index (χ4n) is 1.52. The second-order valence-corrected chi connectivity index (χ2v) is 3.22. The number of carbonyl (C=O) groups excluding carboxylic acids is 1. The number of hydrogen-bond donors (Lipinski definition) is 1. The number of ether oxygens (including phenoxy) is 1. The average Bonchev–Trinajstić information content (AvgIpc) is 2.28. The molecule has 4 heteroatoms. The van der Waals surface area contributed by atoms with E-state index in [0.29, 0.717) is 12.0 Å². The first-order valence-corrected chi connectivity index (χ1v) is 5.14. The van der Waals surface area contributed by atoms with Gasteiger partial charge in [0.05, 0.1) is 17.7 Å². The molecule has 0 aliphatic rings. The van der Waals surface area contributed by atoms with Gasteiger partial charge in [0.15, 0.2) is 0 Å². The number of rotatable bonds is 4. The van der Waals surface area contributed by atoms with Gasteiger partial charge in [0.1, 0.15) is 0 Å². The lowest BCUT2D eigenvalue weighted by molar-refractivity contribution is 0.0513. The van der Waals surface area contributed by atoms with E-state index < -0.39 is 11.9 Å². The molecule has 0 unspecified atom stereocenters. The topological polar surface area (TPSA) is 63.6 Å². The third kappa shape index (κ3) is 2.39. The van der Waals surface area contributed by atoms with Crippen molar-refractivity contribution in [2.45, 2.75) is 20.3 Å². The van der Waals surface area contributed by atoms with Crippen molar-refractivity contribution in [3.63, 3.8) is 0 Å². The second kappa shape index (κ2) is 5.30.